The van der Waals surface area contributed by atoms with Gasteiger partial charge in [0.25, 0.3) is 5.91 Å². The Morgan fingerprint density at radius 3 is 2.22 bits per heavy atom. The van der Waals surface area contributed by atoms with Gasteiger partial charge in [-0.2, -0.15) is 13.2 Å². The molecule has 1 aromatic rings. The second-order valence-corrected chi connectivity index (χ2v) is 5.33. The molecule has 0 aromatic heterocycles. The van der Waals surface area contributed by atoms with Crippen molar-refractivity contribution in [1.29, 1.82) is 0 Å². The normalized spacial score (nSPS) is 16.2. The number of nitrogens with one attached hydrogen (secondary N) is 1. The van der Waals surface area contributed by atoms with Crippen molar-refractivity contribution in [3.63, 3.8) is 0 Å². The first-order valence-corrected chi connectivity index (χ1v) is 7.25. The molecule has 1 N–H and O–H groups in total. The van der Waals surface area contributed by atoms with E-state index in [4.69, 9.17) is 0 Å². The predicted octanol–water partition coefficient (Wildman–Crippen LogP) is 1.12. The first-order chi connectivity index (χ1) is 10.8. The first kappa shape index (κ1) is 17.3. The smallest absolute Gasteiger partial charge is 0.346 e. The quantitative estimate of drug-likeness (QED) is 0.901. The van der Waals surface area contributed by atoms with Gasteiger partial charge >= 0.3 is 6.18 Å². The molecule has 126 valence electrons. The Labute approximate surface area is 132 Å². The molecule has 0 unspecified atom stereocenters. The minimum absolute atomic E-state index is 0.0771. The fourth-order valence-electron chi connectivity index (χ4n) is 2.33. The molecule has 1 aromatic carbocycles. The van der Waals surface area contributed by atoms with Gasteiger partial charge in [-0.3, -0.25) is 14.5 Å². The molecule has 0 atom stereocenters. The second kappa shape index (κ2) is 7.45. The zero-order chi connectivity index (χ0) is 16.9. The molecule has 0 saturated carbocycles. The lowest BCUT2D eigenvalue weighted by atomic mass is 10.2. The summed E-state index contributed by atoms with van der Waals surface area (Å²) in [5, 5.41) is 1.84. The van der Waals surface area contributed by atoms with Crippen LogP contribution in [-0.4, -0.2) is 67.1 Å². The zero-order valence-electron chi connectivity index (χ0n) is 12.5. The highest BCUT2D eigenvalue weighted by Gasteiger charge is 2.28. The van der Waals surface area contributed by atoms with E-state index >= 15 is 0 Å². The van der Waals surface area contributed by atoms with Gasteiger partial charge in [0.05, 0.1) is 6.54 Å². The summed E-state index contributed by atoms with van der Waals surface area (Å²) in [5.41, 5.74) is 0.601. The Balaban J connectivity index is 1.76. The molecule has 23 heavy (non-hydrogen) atoms. The summed E-state index contributed by atoms with van der Waals surface area (Å²) in [6.07, 6.45) is -4.41. The number of rotatable bonds is 4. The van der Waals surface area contributed by atoms with Gasteiger partial charge in [-0.15, -0.1) is 0 Å². The van der Waals surface area contributed by atoms with Crippen LogP contribution in [0.5, 0.6) is 0 Å². The van der Waals surface area contributed by atoms with E-state index in [2.05, 4.69) is 0 Å². The van der Waals surface area contributed by atoms with Crippen LogP contribution in [0.3, 0.4) is 0 Å². The summed E-state index contributed by atoms with van der Waals surface area (Å²) in [5.74, 6) is -0.739. The van der Waals surface area contributed by atoms with Crippen molar-refractivity contribution in [2.45, 2.75) is 6.18 Å². The van der Waals surface area contributed by atoms with Crippen LogP contribution in [0.25, 0.3) is 0 Å². The van der Waals surface area contributed by atoms with E-state index in [-0.39, 0.29) is 12.5 Å². The molecule has 5 nitrogen and oxygen atoms in total. The summed E-state index contributed by atoms with van der Waals surface area (Å²) in [7, 11) is 0. The second-order valence-electron chi connectivity index (χ2n) is 5.33. The first-order valence-electron chi connectivity index (χ1n) is 7.25. The van der Waals surface area contributed by atoms with Crippen LogP contribution in [0.2, 0.25) is 0 Å². The van der Waals surface area contributed by atoms with Gasteiger partial charge in [0.2, 0.25) is 5.91 Å². The summed E-state index contributed by atoms with van der Waals surface area (Å²) in [4.78, 5) is 27.1. The van der Waals surface area contributed by atoms with Crippen molar-refractivity contribution < 1.29 is 22.8 Å². The molecule has 1 aliphatic rings. The van der Waals surface area contributed by atoms with E-state index in [0.29, 0.717) is 31.7 Å². The number of hydrogen-bond donors (Lipinski definition) is 1. The van der Waals surface area contributed by atoms with E-state index in [1.165, 1.54) is 0 Å². The van der Waals surface area contributed by atoms with Gasteiger partial charge in [0.1, 0.15) is 6.54 Å². The van der Waals surface area contributed by atoms with Crippen LogP contribution in [0.4, 0.5) is 13.2 Å². The molecule has 0 bridgehead atoms. The molecule has 2 rings (SSSR count). The van der Waals surface area contributed by atoms with Gasteiger partial charge in [0, 0.05) is 31.7 Å². The Bertz CT molecular complexity index is 541. The summed E-state index contributed by atoms with van der Waals surface area (Å²) >= 11 is 0. The van der Waals surface area contributed by atoms with Crippen molar-refractivity contribution in [3.8, 4) is 0 Å². The van der Waals surface area contributed by atoms with Crippen molar-refractivity contribution in [2.75, 3.05) is 39.3 Å². The third-order valence-corrected chi connectivity index (χ3v) is 3.53. The number of nitrogens with zero attached hydrogens (tertiary/aromatic N) is 2. The van der Waals surface area contributed by atoms with Crippen LogP contribution in [0, 0.1) is 0 Å². The van der Waals surface area contributed by atoms with Gasteiger partial charge in [-0.05, 0) is 12.1 Å². The van der Waals surface area contributed by atoms with Crippen molar-refractivity contribution >= 4 is 11.8 Å². The lowest BCUT2D eigenvalue weighted by Crippen LogP contribution is -2.51. The molecule has 1 fully saturated rings. The van der Waals surface area contributed by atoms with Crippen LogP contribution in [-0.2, 0) is 4.79 Å². The Morgan fingerprint density at radius 2 is 1.65 bits per heavy atom. The Hall–Kier alpha value is -2.09. The standard InChI is InChI=1S/C15H18F3N3O2/c16-15(17,18)11-19-13(22)10-20-6-8-21(9-7-20)14(23)12-4-2-1-3-5-12/h1-5H,6-11H2,(H,19,22). The largest absolute Gasteiger partial charge is 0.405 e. The Kier molecular flexibility index (Phi) is 5.59. The highest BCUT2D eigenvalue weighted by molar-refractivity contribution is 5.94. The molecule has 0 aliphatic carbocycles. The summed E-state index contributed by atoms with van der Waals surface area (Å²) < 4.78 is 36.1. The molecular formula is C15H18F3N3O2. The third kappa shape index (κ3) is 5.55. The van der Waals surface area contributed by atoms with E-state index in [9.17, 15) is 22.8 Å². The van der Waals surface area contributed by atoms with Gasteiger partial charge in [-0.25, -0.2) is 0 Å². The van der Waals surface area contributed by atoms with Crippen LogP contribution < -0.4 is 5.32 Å². The fourth-order valence-corrected chi connectivity index (χ4v) is 2.33. The monoisotopic (exact) mass is 329 g/mol. The van der Waals surface area contributed by atoms with Crippen LogP contribution in [0.1, 0.15) is 10.4 Å². The van der Waals surface area contributed by atoms with Crippen LogP contribution >= 0.6 is 0 Å². The number of amides is 2. The molecule has 8 heteroatoms. The molecule has 1 aliphatic heterocycles. The average molecular weight is 329 g/mol. The van der Waals surface area contributed by atoms with E-state index in [0.717, 1.165) is 0 Å². The van der Waals surface area contributed by atoms with Crippen molar-refractivity contribution in [3.05, 3.63) is 35.9 Å². The topological polar surface area (TPSA) is 52.7 Å². The molecule has 0 spiro atoms. The SMILES string of the molecule is O=C(CN1CCN(C(=O)c2ccccc2)CC1)NCC(F)(F)F. The maximum atomic E-state index is 12.2. The van der Waals surface area contributed by atoms with Gasteiger partial charge < -0.3 is 10.2 Å². The van der Waals surface area contributed by atoms with Crippen LogP contribution in [0.15, 0.2) is 30.3 Å². The summed E-state index contributed by atoms with van der Waals surface area (Å²) in [6, 6.07) is 8.87. The zero-order valence-corrected chi connectivity index (χ0v) is 12.5. The van der Waals surface area contributed by atoms with Gasteiger partial charge in [0.15, 0.2) is 0 Å². The third-order valence-electron chi connectivity index (χ3n) is 3.53. The minimum atomic E-state index is -4.41. The number of halogens is 3. The molecule has 1 saturated heterocycles. The summed E-state index contributed by atoms with van der Waals surface area (Å²) in [6.45, 7) is 0.387. The number of carbonyl (C=O) groups is 2. The molecule has 1 heterocycles. The number of hydrogen-bond acceptors (Lipinski definition) is 3. The maximum Gasteiger partial charge on any atom is 0.405 e. The maximum absolute atomic E-state index is 12.2. The predicted molar refractivity (Wildman–Crippen MR) is 77.9 cm³/mol. The number of benzene rings is 1. The van der Waals surface area contributed by atoms with Crippen molar-refractivity contribution in [2.24, 2.45) is 0 Å². The Morgan fingerprint density at radius 1 is 1.04 bits per heavy atom. The minimum Gasteiger partial charge on any atom is -0.346 e. The molecule has 0 radical (unpaired) electrons. The number of piperazine rings is 1. The lowest BCUT2D eigenvalue weighted by Gasteiger charge is -2.34. The molecular weight excluding hydrogens is 311 g/mol. The number of carbonyl (C=O) groups excluding carboxylic acids is 2. The lowest BCUT2D eigenvalue weighted by molar-refractivity contribution is -0.139. The number of alkyl halides is 3. The average Bonchev–Trinajstić information content (AvgIpc) is 2.53. The van der Waals surface area contributed by atoms with E-state index < -0.39 is 18.6 Å². The highest BCUT2D eigenvalue weighted by Crippen LogP contribution is 2.12. The van der Waals surface area contributed by atoms with E-state index in [1.807, 2.05) is 11.4 Å². The van der Waals surface area contributed by atoms with Gasteiger partial charge in [-0.1, -0.05) is 18.2 Å². The molecule has 2 amide bonds. The van der Waals surface area contributed by atoms with Crippen molar-refractivity contribution in [1.82, 2.24) is 15.1 Å². The fraction of sp³-hybridized carbons (Fsp3) is 0.467. The highest BCUT2D eigenvalue weighted by atomic mass is 19.4. The van der Waals surface area contributed by atoms with E-state index in [1.54, 1.807) is 34.1 Å².